The molecule has 0 aliphatic carbocycles. The monoisotopic (exact) mass is 553 g/mol. The summed E-state index contributed by atoms with van der Waals surface area (Å²) in [5.41, 5.74) is 6.60. The molecule has 4 rings (SSSR count). The van der Waals surface area contributed by atoms with Crippen molar-refractivity contribution in [2.45, 2.75) is 46.1 Å². The van der Waals surface area contributed by atoms with Crippen molar-refractivity contribution in [3.8, 4) is 16.9 Å². The number of carboxylic acid groups (broad SMARTS) is 1. The molecule has 0 bridgehead atoms. The minimum absolute atomic E-state index is 0.171. The van der Waals surface area contributed by atoms with Crippen molar-refractivity contribution in [2.24, 2.45) is 5.92 Å². The van der Waals surface area contributed by atoms with Crippen molar-refractivity contribution in [2.75, 3.05) is 7.11 Å². The summed E-state index contributed by atoms with van der Waals surface area (Å²) < 4.78 is 19.0. The fraction of sp³-hybridized carbons (Fsp3) is 0.257. The Morgan fingerprint density at radius 2 is 1.63 bits per heavy atom. The van der Waals surface area contributed by atoms with E-state index in [2.05, 4.69) is 38.2 Å². The van der Waals surface area contributed by atoms with Crippen LogP contribution in [0.2, 0.25) is 0 Å². The summed E-state index contributed by atoms with van der Waals surface area (Å²) in [7, 11) is 1.42. The molecule has 4 aromatic carbocycles. The molecule has 41 heavy (non-hydrogen) atoms. The number of aryl methyl sites for hydroxylation is 2. The Kier molecular flexibility index (Phi) is 9.56. The van der Waals surface area contributed by atoms with Crippen molar-refractivity contribution in [3.05, 3.63) is 124 Å². The van der Waals surface area contributed by atoms with Crippen LogP contribution in [0.3, 0.4) is 0 Å². The largest absolute Gasteiger partial charge is 0.494 e. The Bertz CT molecular complexity index is 1530. The van der Waals surface area contributed by atoms with Crippen LogP contribution >= 0.6 is 0 Å². The maximum absolute atomic E-state index is 14.0. The lowest BCUT2D eigenvalue weighted by Crippen LogP contribution is -2.23. The van der Waals surface area contributed by atoms with E-state index in [9.17, 15) is 19.1 Å². The molecule has 0 fully saturated rings. The van der Waals surface area contributed by atoms with Crippen LogP contribution in [0.4, 0.5) is 4.39 Å². The molecule has 0 spiro atoms. The van der Waals surface area contributed by atoms with Crippen molar-refractivity contribution in [1.82, 2.24) is 5.32 Å². The van der Waals surface area contributed by atoms with E-state index in [0.29, 0.717) is 28.2 Å². The molecule has 0 heterocycles. The number of carbonyl (C=O) groups excluding carboxylic acids is 1. The first-order valence-electron chi connectivity index (χ1n) is 13.8. The lowest BCUT2D eigenvalue weighted by Gasteiger charge is -2.23. The number of amides is 1. The van der Waals surface area contributed by atoms with Crippen molar-refractivity contribution in [1.29, 1.82) is 0 Å². The Morgan fingerprint density at radius 3 is 2.32 bits per heavy atom. The van der Waals surface area contributed by atoms with Crippen LogP contribution in [0, 0.1) is 18.7 Å². The third-order valence-electron chi connectivity index (χ3n) is 7.87. The zero-order valence-corrected chi connectivity index (χ0v) is 23.9. The Balaban J connectivity index is 1.37. The summed E-state index contributed by atoms with van der Waals surface area (Å²) in [6.45, 7) is 6.71. The molecule has 5 nitrogen and oxygen atoms in total. The molecule has 0 radical (unpaired) electrons. The summed E-state index contributed by atoms with van der Waals surface area (Å²) >= 11 is 0. The van der Waals surface area contributed by atoms with Gasteiger partial charge >= 0.3 is 5.97 Å². The molecule has 2 N–H and O–H groups in total. The van der Waals surface area contributed by atoms with E-state index in [1.54, 1.807) is 24.3 Å². The SMILES string of the molecule is COc1ccc(CNC(=O)c2ccc(C)c(C(C)C(C)CCc3ccc(-c4ccccc4C(=O)O)cc3)c2)cc1F. The molecule has 2 unspecified atom stereocenters. The van der Waals surface area contributed by atoms with E-state index in [1.807, 2.05) is 42.5 Å². The van der Waals surface area contributed by atoms with Gasteiger partial charge in [0.15, 0.2) is 11.6 Å². The van der Waals surface area contributed by atoms with Crippen LogP contribution in [-0.2, 0) is 13.0 Å². The Morgan fingerprint density at radius 1 is 0.927 bits per heavy atom. The van der Waals surface area contributed by atoms with E-state index in [-0.39, 0.29) is 24.1 Å². The number of aromatic carboxylic acids is 1. The van der Waals surface area contributed by atoms with E-state index >= 15 is 0 Å². The summed E-state index contributed by atoms with van der Waals surface area (Å²) in [5.74, 6) is -0.824. The summed E-state index contributed by atoms with van der Waals surface area (Å²) in [6.07, 6.45) is 1.86. The summed E-state index contributed by atoms with van der Waals surface area (Å²) in [6, 6.07) is 25.6. The van der Waals surface area contributed by atoms with Gasteiger partial charge in [0.1, 0.15) is 0 Å². The van der Waals surface area contributed by atoms with Crippen LogP contribution in [0.5, 0.6) is 5.75 Å². The standard InChI is InChI=1S/C35H36FNO4/c1-22(9-11-25-12-16-27(17-13-25)29-7-5-6-8-30(29)35(39)40)24(3)31-20-28(15-10-23(31)2)34(38)37-21-26-14-18-33(41-4)32(36)19-26/h5-8,10,12-20,22,24H,9,11,21H2,1-4H3,(H,37,38)(H,39,40). The quantitative estimate of drug-likeness (QED) is 0.199. The lowest BCUT2D eigenvalue weighted by molar-refractivity contribution is 0.0697. The number of nitrogens with one attached hydrogen (secondary N) is 1. The lowest BCUT2D eigenvalue weighted by atomic mass is 9.82. The van der Waals surface area contributed by atoms with Crippen LogP contribution in [0.15, 0.2) is 84.9 Å². The Hall–Kier alpha value is -4.45. The predicted molar refractivity (Wildman–Crippen MR) is 160 cm³/mol. The first-order valence-corrected chi connectivity index (χ1v) is 13.8. The van der Waals surface area contributed by atoms with Gasteiger partial charge in [-0.05, 0) is 95.3 Å². The van der Waals surface area contributed by atoms with Gasteiger partial charge in [-0.2, -0.15) is 0 Å². The van der Waals surface area contributed by atoms with Crippen LogP contribution in [0.1, 0.15) is 69.2 Å². The van der Waals surface area contributed by atoms with Crippen LogP contribution in [0.25, 0.3) is 11.1 Å². The average Bonchev–Trinajstić information content (AvgIpc) is 2.98. The number of hydrogen-bond acceptors (Lipinski definition) is 3. The zero-order valence-electron chi connectivity index (χ0n) is 23.9. The van der Waals surface area contributed by atoms with E-state index < -0.39 is 11.8 Å². The molecule has 0 aromatic heterocycles. The smallest absolute Gasteiger partial charge is 0.336 e. The van der Waals surface area contributed by atoms with Crippen molar-refractivity contribution >= 4 is 11.9 Å². The third kappa shape index (κ3) is 7.20. The second-order valence-corrected chi connectivity index (χ2v) is 10.6. The minimum Gasteiger partial charge on any atom is -0.494 e. The van der Waals surface area contributed by atoms with Gasteiger partial charge in [-0.3, -0.25) is 4.79 Å². The molecular weight excluding hydrogens is 517 g/mol. The number of rotatable bonds is 11. The number of methoxy groups -OCH3 is 1. The normalized spacial score (nSPS) is 12.4. The molecule has 0 aliphatic heterocycles. The minimum atomic E-state index is -0.933. The van der Waals surface area contributed by atoms with Gasteiger partial charge in [0.2, 0.25) is 0 Å². The fourth-order valence-electron chi connectivity index (χ4n) is 5.10. The van der Waals surface area contributed by atoms with Gasteiger partial charge in [-0.15, -0.1) is 0 Å². The molecule has 0 aliphatic rings. The second kappa shape index (κ2) is 13.3. The van der Waals surface area contributed by atoms with E-state index in [0.717, 1.165) is 29.5 Å². The molecule has 1 amide bonds. The molecule has 212 valence electrons. The summed E-state index contributed by atoms with van der Waals surface area (Å²) in [5, 5.41) is 12.4. The number of carbonyl (C=O) groups is 2. The topological polar surface area (TPSA) is 75.6 Å². The molecule has 4 aromatic rings. The molecule has 0 saturated carbocycles. The van der Waals surface area contributed by atoms with Gasteiger partial charge in [0.05, 0.1) is 12.7 Å². The molecular formula is C35H36FNO4. The maximum Gasteiger partial charge on any atom is 0.336 e. The van der Waals surface area contributed by atoms with Crippen LogP contribution in [-0.4, -0.2) is 24.1 Å². The number of benzene rings is 4. The first kappa shape index (κ1) is 29.5. The van der Waals surface area contributed by atoms with E-state index in [4.69, 9.17) is 4.74 Å². The van der Waals surface area contributed by atoms with Crippen molar-refractivity contribution in [3.63, 3.8) is 0 Å². The predicted octanol–water partition coefficient (Wildman–Crippen LogP) is 7.81. The highest BCUT2D eigenvalue weighted by Gasteiger charge is 2.19. The van der Waals surface area contributed by atoms with Gasteiger partial charge in [-0.1, -0.05) is 68.4 Å². The van der Waals surface area contributed by atoms with E-state index in [1.165, 1.54) is 18.7 Å². The Labute approximate surface area is 241 Å². The number of hydrogen-bond donors (Lipinski definition) is 2. The first-order chi connectivity index (χ1) is 19.7. The fourth-order valence-corrected chi connectivity index (χ4v) is 5.10. The highest BCUT2D eigenvalue weighted by Crippen LogP contribution is 2.31. The molecule has 2 atom stereocenters. The zero-order chi connectivity index (χ0) is 29.5. The highest BCUT2D eigenvalue weighted by molar-refractivity contribution is 5.96. The molecule has 0 saturated heterocycles. The number of carboxylic acids is 1. The number of halogens is 1. The second-order valence-electron chi connectivity index (χ2n) is 10.6. The van der Waals surface area contributed by atoms with Crippen LogP contribution < -0.4 is 10.1 Å². The van der Waals surface area contributed by atoms with Crippen molar-refractivity contribution < 1.29 is 23.8 Å². The van der Waals surface area contributed by atoms with Gasteiger partial charge in [-0.25, -0.2) is 9.18 Å². The average molecular weight is 554 g/mol. The molecule has 6 heteroatoms. The summed E-state index contributed by atoms with van der Waals surface area (Å²) in [4.78, 5) is 24.5. The van der Waals surface area contributed by atoms with Gasteiger partial charge in [0.25, 0.3) is 5.91 Å². The van der Waals surface area contributed by atoms with Gasteiger partial charge in [0, 0.05) is 12.1 Å². The maximum atomic E-state index is 14.0. The highest BCUT2D eigenvalue weighted by atomic mass is 19.1. The number of ether oxygens (including phenoxy) is 1. The van der Waals surface area contributed by atoms with Gasteiger partial charge < -0.3 is 15.2 Å². The third-order valence-corrected chi connectivity index (χ3v) is 7.87.